The van der Waals surface area contributed by atoms with Gasteiger partial charge in [0.05, 0.1) is 10.8 Å². The van der Waals surface area contributed by atoms with Gasteiger partial charge in [-0.3, -0.25) is 9.69 Å². The van der Waals surface area contributed by atoms with Gasteiger partial charge in [0, 0.05) is 42.1 Å². The Labute approximate surface area is 252 Å². The van der Waals surface area contributed by atoms with Crippen LogP contribution in [0.4, 0.5) is 0 Å². The molecule has 5 aromatic rings. The number of carbonyl (C=O) groups is 1. The normalized spacial score (nSPS) is 15.4. The number of para-hydroxylation sites is 1. The molecule has 1 aliphatic rings. The predicted molar refractivity (Wildman–Crippen MR) is 169 cm³/mol. The van der Waals surface area contributed by atoms with E-state index in [9.17, 15) is 4.79 Å². The molecule has 1 atom stereocenters. The largest absolute Gasteiger partial charge is 0.352 e. The molecule has 0 saturated carbocycles. The minimum atomic E-state index is -0.277. The fraction of sp³-hybridized carbons (Fsp3) is 0.312. The zero-order chi connectivity index (χ0) is 28.2. The minimum Gasteiger partial charge on any atom is -0.352 e. The van der Waals surface area contributed by atoms with Gasteiger partial charge >= 0.3 is 0 Å². The average molecular weight is 630 g/mol. The number of nitrogens with zero attached hydrogens (tertiary/aromatic N) is 5. The lowest BCUT2D eigenvalue weighted by Crippen LogP contribution is -2.46. The molecule has 2 aromatic heterocycles. The van der Waals surface area contributed by atoms with Gasteiger partial charge in [-0.05, 0) is 48.6 Å². The zero-order valence-corrected chi connectivity index (χ0v) is 25.4. The van der Waals surface area contributed by atoms with Gasteiger partial charge < -0.3 is 9.88 Å². The quantitative estimate of drug-likeness (QED) is 0.189. The number of carbonyl (C=O) groups excluding carboxylic acids is 1. The molecule has 7 nitrogen and oxygen atoms in total. The average Bonchev–Trinajstić information content (AvgIpc) is 3.31. The number of benzene rings is 3. The van der Waals surface area contributed by atoms with Crippen molar-refractivity contribution < 1.29 is 4.79 Å². The zero-order valence-electron chi connectivity index (χ0n) is 23.0. The molecule has 1 N–H and O–H groups in total. The number of fused-ring (bicyclic) bond motifs is 3. The minimum absolute atomic E-state index is 0.0538. The summed E-state index contributed by atoms with van der Waals surface area (Å²) >= 11 is 4.93. The molecule has 0 bridgehead atoms. The van der Waals surface area contributed by atoms with Gasteiger partial charge in [0.1, 0.15) is 5.52 Å². The lowest BCUT2D eigenvalue weighted by Gasteiger charge is -2.33. The van der Waals surface area contributed by atoms with Crippen molar-refractivity contribution in [2.45, 2.75) is 55.7 Å². The van der Waals surface area contributed by atoms with Crippen LogP contribution in [0, 0.1) is 0 Å². The van der Waals surface area contributed by atoms with Crippen LogP contribution in [0.5, 0.6) is 0 Å². The van der Waals surface area contributed by atoms with E-state index in [-0.39, 0.29) is 17.2 Å². The van der Waals surface area contributed by atoms with Crippen molar-refractivity contribution in [2.24, 2.45) is 0 Å². The fourth-order valence-electron chi connectivity index (χ4n) is 5.49. The van der Waals surface area contributed by atoms with E-state index >= 15 is 0 Å². The summed E-state index contributed by atoms with van der Waals surface area (Å²) in [6.45, 7) is 5.63. The third-order valence-electron chi connectivity index (χ3n) is 7.70. The van der Waals surface area contributed by atoms with E-state index in [2.05, 4.69) is 108 Å². The van der Waals surface area contributed by atoms with Gasteiger partial charge in [-0.15, -0.1) is 10.2 Å². The van der Waals surface area contributed by atoms with Crippen molar-refractivity contribution in [3.8, 4) is 0 Å². The Kier molecular flexibility index (Phi) is 8.64. The van der Waals surface area contributed by atoms with E-state index in [4.69, 9.17) is 4.98 Å². The van der Waals surface area contributed by atoms with Crippen LogP contribution in [0.1, 0.15) is 37.3 Å². The number of thioether (sulfide) groups is 1. The number of piperidine rings is 1. The number of rotatable bonds is 9. The van der Waals surface area contributed by atoms with E-state index < -0.39 is 0 Å². The van der Waals surface area contributed by atoms with Gasteiger partial charge in [-0.2, -0.15) is 0 Å². The van der Waals surface area contributed by atoms with Crippen molar-refractivity contribution in [3.05, 3.63) is 94.5 Å². The number of hydrogen-bond acceptors (Lipinski definition) is 6. The van der Waals surface area contributed by atoms with E-state index in [1.54, 1.807) is 0 Å². The molecule has 0 aliphatic carbocycles. The van der Waals surface area contributed by atoms with Gasteiger partial charge in [0.2, 0.25) is 11.1 Å². The number of aromatic nitrogens is 4. The van der Waals surface area contributed by atoms with Crippen molar-refractivity contribution in [2.75, 3.05) is 13.1 Å². The Morgan fingerprint density at radius 3 is 2.41 bits per heavy atom. The molecule has 0 radical (unpaired) electrons. The summed E-state index contributed by atoms with van der Waals surface area (Å²) in [7, 11) is 0. The molecule has 3 heterocycles. The number of nitrogens with one attached hydrogen (secondary N) is 1. The summed E-state index contributed by atoms with van der Waals surface area (Å²) in [4.78, 5) is 20.7. The maximum Gasteiger partial charge on any atom is 0.233 e. The van der Waals surface area contributed by atoms with Crippen LogP contribution >= 0.6 is 27.7 Å². The molecule has 6 rings (SSSR count). The molecular formula is C32H33BrN6OS. The van der Waals surface area contributed by atoms with E-state index in [1.807, 2.05) is 19.1 Å². The van der Waals surface area contributed by atoms with Crippen LogP contribution in [0.2, 0.25) is 0 Å². The third kappa shape index (κ3) is 6.47. The summed E-state index contributed by atoms with van der Waals surface area (Å²) in [5.41, 5.74) is 5.13. The highest BCUT2D eigenvalue weighted by molar-refractivity contribution is 9.10. The van der Waals surface area contributed by atoms with Crippen molar-refractivity contribution in [3.63, 3.8) is 0 Å². The molecule has 9 heteroatoms. The van der Waals surface area contributed by atoms with E-state index in [1.165, 1.54) is 22.9 Å². The first kappa shape index (κ1) is 27.9. The van der Waals surface area contributed by atoms with Crippen LogP contribution in [0.15, 0.2) is 88.5 Å². The highest BCUT2D eigenvalue weighted by atomic mass is 79.9. The van der Waals surface area contributed by atoms with Crippen LogP contribution in [0.25, 0.3) is 22.1 Å². The molecule has 3 aromatic carbocycles. The van der Waals surface area contributed by atoms with Gasteiger partial charge in [-0.1, -0.05) is 95.3 Å². The molecule has 1 amide bonds. The van der Waals surface area contributed by atoms with Crippen LogP contribution in [-0.2, 0) is 17.9 Å². The van der Waals surface area contributed by atoms with Crippen molar-refractivity contribution in [1.29, 1.82) is 0 Å². The first-order valence-corrected chi connectivity index (χ1v) is 15.8. The highest BCUT2D eigenvalue weighted by Gasteiger charge is 2.26. The van der Waals surface area contributed by atoms with Crippen molar-refractivity contribution >= 4 is 55.7 Å². The summed E-state index contributed by atoms with van der Waals surface area (Å²) < 4.78 is 3.24. The smallest absolute Gasteiger partial charge is 0.233 e. The van der Waals surface area contributed by atoms with E-state index in [0.29, 0.717) is 18.1 Å². The molecule has 0 spiro atoms. The summed E-state index contributed by atoms with van der Waals surface area (Å²) in [6, 6.07) is 27.3. The Morgan fingerprint density at radius 2 is 1.66 bits per heavy atom. The number of amides is 1. The maximum atomic E-state index is 13.3. The van der Waals surface area contributed by atoms with Crippen molar-refractivity contribution in [1.82, 2.24) is 30.0 Å². The second-order valence-electron chi connectivity index (χ2n) is 10.6. The fourth-order valence-corrected chi connectivity index (χ4v) is 6.58. The van der Waals surface area contributed by atoms with E-state index in [0.717, 1.165) is 59.0 Å². The Bertz CT molecular complexity index is 1630. The molecular weight excluding hydrogens is 596 g/mol. The topological polar surface area (TPSA) is 75.9 Å². The van der Waals surface area contributed by atoms with Crippen LogP contribution < -0.4 is 5.32 Å². The monoisotopic (exact) mass is 628 g/mol. The molecule has 41 heavy (non-hydrogen) atoms. The number of likely N-dealkylation sites (tertiary alicyclic amines) is 1. The molecule has 1 fully saturated rings. The van der Waals surface area contributed by atoms with Crippen LogP contribution in [0.3, 0.4) is 0 Å². The lowest BCUT2D eigenvalue weighted by molar-refractivity contribution is -0.121. The molecule has 1 saturated heterocycles. The predicted octanol–water partition coefficient (Wildman–Crippen LogP) is 6.44. The summed E-state index contributed by atoms with van der Waals surface area (Å²) in [6.07, 6.45) is 2.60. The highest BCUT2D eigenvalue weighted by Crippen LogP contribution is 2.30. The maximum absolute atomic E-state index is 13.3. The third-order valence-corrected chi connectivity index (χ3v) is 9.45. The second kappa shape index (κ2) is 12.7. The first-order valence-electron chi connectivity index (χ1n) is 14.2. The first-order chi connectivity index (χ1) is 20.1. The standard InChI is InChI=1S/C32H33BrN6OS/c1-2-28(31(40)34-25-16-18-38(19-17-25)20-22-8-4-3-5-9-22)41-32-35-30-29(36-37-32)26-10-6-7-11-27(26)39(30)21-23-12-14-24(33)15-13-23/h3-15,25,28H,2,16-21H2,1H3,(H,34,40). The lowest BCUT2D eigenvalue weighted by atomic mass is 10.0. The summed E-state index contributed by atoms with van der Waals surface area (Å²) in [5, 5.41) is 13.6. The Balaban J connectivity index is 1.15. The van der Waals surface area contributed by atoms with Gasteiger partial charge in [-0.25, -0.2) is 4.98 Å². The van der Waals surface area contributed by atoms with Gasteiger partial charge in [0.25, 0.3) is 0 Å². The Morgan fingerprint density at radius 1 is 0.951 bits per heavy atom. The van der Waals surface area contributed by atoms with Gasteiger partial charge in [0.15, 0.2) is 5.65 Å². The summed E-state index contributed by atoms with van der Waals surface area (Å²) in [5.74, 6) is 0.0538. The molecule has 210 valence electrons. The SMILES string of the molecule is CCC(Sc1nnc2c3ccccc3n(Cc3ccc(Br)cc3)c2n1)C(=O)NC1CCN(Cc2ccccc2)CC1. The molecule has 1 unspecified atom stereocenters. The number of halogens is 1. The van der Waals surface area contributed by atoms with Crippen LogP contribution in [-0.4, -0.2) is 54.9 Å². The second-order valence-corrected chi connectivity index (χ2v) is 12.6. The molecule has 1 aliphatic heterocycles. The Hall–Kier alpha value is -3.27. The number of hydrogen-bond donors (Lipinski definition) is 1.